The molecule has 0 saturated carbocycles. The van der Waals surface area contributed by atoms with E-state index in [2.05, 4.69) is 23.4 Å². The highest BCUT2D eigenvalue weighted by Crippen LogP contribution is 2.21. The predicted octanol–water partition coefficient (Wildman–Crippen LogP) is 1.94. The van der Waals surface area contributed by atoms with Crippen molar-refractivity contribution in [1.82, 2.24) is 4.90 Å². The van der Waals surface area contributed by atoms with Gasteiger partial charge in [-0.15, -0.1) is 0 Å². The molecule has 0 spiro atoms. The minimum Gasteiger partial charge on any atom is -0.338 e. The molecular formula is C11H13NOS. The molecule has 1 aliphatic heterocycles. The highest BCUT2D eigenvalue weighted by atomic mass is 32.1. The number of hydrogen-bond acceptors (Lipinski definition) is 2. The third-order valence-electron chi connectivity index (χ3n) is 2.55. The Hall–Kier alpha value is -1.09. The number of hydrogen-bond donors (Lipinski definition) is 0. The van der Waals surface area contributed by atoms with Gasteiger partial charge in [0.05, 0.1) is 0 Å². The zero-order valence-electron chi connectivity index (χ0n) is 7.98. The average molecular weight is 207 g/mol. The second kappa shape index (κ2) is 3.96. The summed E-state index contributed by atoms with van der Waals surface area (Å²) in [5.41, 5.74) is 1.39. The van der Waals surface area contributed by atoms with Gasteiger partial charge in [0.25, 0.3) is 0 Å². The summed E-state index contributed by atoms with van der Waals surface area (Å²) in [6.07, 6.45) is 2.49. The largest absolute Gasteiger partial charge is 0.338 e. The van der Waals surface area contributed by atoms with Crippen LogP contribution in [-0.4, -0.2) is 23.9 Å². The number of likely N-dealkylation sites (tertiary alicyclic amines) is 1. The van der Waals surface area contributed by atoms with Gasteiger partial charge in [-0.2, -0.15) is 11.3 Å². The van der Waals surface area contributed by atoms with Crippen molar-refractivity contribution in [3.63, 3.8) is 0 Å². The van der Waals surface area contributed by atoms with Gasteiger partial charge < -0.3 is 4.90 Å². The second-order valence-corrected chi connectivity index (χ2v) is 4.43. The Balaban J connectivity index is 1.78. The molecule has 0 N–H and O–H groups in total. The van der Waals surface area contributed by atoms with Gasteiger partial charge in [0, 0.05) is 13.1 Å². The van der Waals surface area contributed by atoms with Crippen LogP contribution in [0.5, 0.6) is 0 Å². The molecule has 0 aliphatic carbocycles. The minimum atomic E-state index is 0.0616. The topological polar surface area (TPSA) is 20.3 Å². The van der Waals surface area contributed by atoms with Gasteiger partial charge in [0.1, 0.15) is 0 Å². The molecule has 1 fully saturated rings. The molecule has 0 unspecified atom stereocenters. The predicted molar refractivity (Wildman–Crippen MR) is 58.3 cm³/mol. The number of thiophene rings is 1. The zero-order valence-corrected chi connectivity index (χ0v) is 8.80. The highest BCUT2D eigenvalue weighted by molar-refractivity contribution is 7.07. The van der Waals surface area contributed by atoms with Crippen LogP contribution in [-0.2, 0) is 11.2 Å². The van der Waals surface area contributed by atoms with E-state index in [1.54, 1.807) is 11.3 Å². The zero-order chi connectivity index (χ0) is 9.97. The van der Waals surface area contributed by atoms with Gasteiger partial charge in [-0.1, -0.05) is 6.58 Å². The lowest BCUT2D eigenvalue weighted by Crippen LogP contribution is -2.50. The van der Waals surface area contributed by atoms with Crippen molar-refractivity contribution in [2.45, 2.75) is 6.42 Å². The van der Waals surface area contributed by atoms with Gasteiger partial charge in [-0.05, 0) is 40.8 Å². The van der Waals surface area contributed by atoms with Crippen LogP contribution in [0.3, 0.4) is 0 Å². The molecule has 2 nitrogen and oxygen atoms in total. The van der Waals surface area contributed by atoms with E-state index in [0.717, 1.165) is 19.5 Å². The maximum absolute atomic E-state index is 11.2. The summed E-state index contributed by atoms with van der Waals surface area (Å²) >= 11 is 1.73. The Bertz CT molecular complexity index is 325. The van der Waals surface area contributed by atoms with Gasteiger partial charge in [0.15, 0.2) is 0 Å². The Kier molecular flexibility index (Phi) is 2.68. The molecule has 2 heterocycles. The fourth-order valence-electron chi connectivity index (χ4n) is 1.75. The van der Waals surface area contributed by atoms with Crippen LogP contribution in [0.2, 0.25) is 0 Å². The number of nitrogens with zero attached hydrogens (tertiary/aromatic N) is 1. The van der Waals surface area contributed by atoms with Crippen molar-refractivity contribution < 1.29 is 4.79 Å². The molecule has 1 amide bonds. The smallest absolute Gasteiger partial charge is 0.245 e. The molecule has 3 heteroatoms. The van der Waals surface area contributed by atoms with E-state index < -0.39 is 0 Å². The quantitative estimate of drug-likeness (QED) is 0.694. The van der Waals surface area contributed by atoms with Crippen molar-refractivity contribution in [2.75, 3.05) is 13.1 Å². The molecule has 0 radical (unpaired) electrons. The number of rotatable bonds is 3. The number of carbonyl (C=O) groups excluding carboxylic acids is 1. The standard InChI is InChI=1S/C11H13NOS/c1-2-11(13)12-6-10(7-12)5-9-3-4-14-8-9/h2-4,8,10H,1,5-7H2. The van der Waals surface area contributed by atoms with Crippen LogP contribution in [0.15, 0.2) is 29.5 Å². The first kappa shape index (κ1) is 9.46. The first-order valence-corrected chi connectivity index (χ1v) is 5.66. The lowest BCUT2D eigenvalue weighted by Gasteiger charge is -2.38. The van der Waals surface area contributed by atoms with Crippen LogP contribution in [0.1, 0.15) is 5.56 Å². The summed E-state index contributed by atoms with van der Waals surface area (Å²) in [5, 5.41) is 4.28. The highest BCUT2D eigenvalue weighted by Gasteiger charge is 2.28. The summed E-state index contributed by atoms with van der Waals surface area (Å²) in [4.78, 5) is 13.0. The van der Waals surface area contributed by atoms with Crippen LogP contribution >= 0.6 is 11.3 Å². The Morgan fingerprint density at radius 3 is 3.07 bits per heavy atom. The maximum atomic E-state index is 11.2. The fourth-order valence-corrected chi connectivity index (χ4v) is 2.43. The molecule has 1 saturated heterocycles. The molecule has 1 aromatic rings. The minimum absolute atomic E-state index is 0.0616. The van der Waals surface area contributed by atoms with Crippen LogP contribution in [0.25, 0.3) is 0 Å². The Labute approximate surface area is 87.9 Å². The van der Waals surface area contributed by atoms with Gasteiger partial charge in [0.2, 0.25) is 5.91 Å². The van der Waals surface area contributed by atoms with Crippen molar-refractivity contribution in [2.24, 2.45) is 5.92 Å². The van der Waals surface area contributed by atoms with Gasteiger partial charge >= 0.3 is 0 Å². The second-order valence-electron chi connectivity index (χ2n) is 3.65. The third kappa shape index (κ3) is 1.87. The summed E-state index contributed by atoms with van der Waals surface area (Å²) < 4.78 is 0. The van der Waals surface area contributed by atoms with E-state index in [1.165, 1.54) is 11.6 Å². The molecule has 74 valence electrons. The Morgan fingerprint density at radius 1 is 1.71 bits per heavy atom. The molecule has 0 bridgehead atoms. The maximum Gasteiger partial charge on any atom is 0.245 e. The molecular weight excluding hydrogens is 194 g/mol. The Morgan fingerprint density at radius 2 is 2.50 bits per heavy atom. The van der Waals surface area contributed by atoms with E-state index in [9.17, 15) is 4.79 Å². The van der Waals surface area contributed by atoms with E-state index in [1.807, 2.05) is 4.90 Å². The van der Waals surface area contributed by atoms with Crippen molar-refractivity contribution in [1.29, 1.82) is 0 Å². The van der Waals surface area contributed by atoms with E-state index >= 15 is 0 Å². The fraction of sp³-hybridized carbons (Fsp3) is 0.364. The number of amides is 1. The van der Waals surface area contributed by atoms with E-state index in [-0.39, 0.29) is 5.91 Å². The molecule has 2 rings (SSSR count). The number of carbonyl (C=O) groups is 1. The molecule has 1 aliphatic rings. The summed E-state index contributed by atoms with van der Waals surface area (Å²) in [5.74, 6) is 0.708. The molecule has 0 aromatic carbocycles. The van der Waals surface area contributed by atoms with E-state index in [4.69, 9.17) is 0 Å². The van der Waals surface area contributed by atoms with Crippen LogP contribution < -0.4 is 0 Å². The SMILES string of the molecule is C=CC(=O)N1CC(Cc2ccsc2)C1. The van der Waals surface area contributed by atoms with Crippen molar-refractivity contribution in [3.8, 4) is 0 Å². The van der Waals surface area contributed by atoms with Gasteiger partial charge in [-0.3, -0.25) is 4.79 Å². The summed E-state index contributed by atoms with van der Waals surface area (Å²) in [6.45, 7) is 5.25. The normalized spacial score (nSPS) is 16.4. The molecule has 0 atom stereocenters. The summed E-state index contributed by atoms with van der Waals surface area (Å²) in [6, 6.07) is 2.16. The lowest BCUT2D eigenvalue weighted by atomic mass is 9.93. The lowest BCUT2D eigenvalue weighted by molar-refractivity contribution is -0.132. The van der Waals surface area contributed by atoms with E-state index in [0.29, 0.717) is 5.92 Å². The van der Waals surface area contributed by atoms with Crippen molar-refractivity contribution >= 4 is 17.2 Å². The molecule has 1 aromatic heterocycles. The van der Waals surface area contributed by atoms with Crippen molar-refractivity contribution in [3.05, 3.63) is 35.0 Å². The first-order valence-electron chi connectivity index (χ1n) is 4.72. The average Bonchev–Trinajstić information content (AvgIpc) is 2.61. The third-order valence-corrected chi connectivity index (χ3v) is 3.28. The van der Waals surface area contributed by atoms with Crippen LogP contribution in [0, 0.1) is 5.92 Å². The summed E-state index contributed by atoms with van der Waals surface area (Å²) in [7, 11) is 0. The molecule has 14 heavy (non-hydrogen) atoms. The van der Waals surface area contributed by atoms with Gasteiger partial charge in [-0.25, -0.2) is 0 Å². The van der Waals surface area contributed by atoms with Crippen LogP contribution in [0.4, 0.5) is 0 Å². The first-order chi connectivity index (χ1) is 6.79. The monoisotopic (exact) mass is 207 g/mol.